The van der Waals surface area contributed by atoms with Crippen LogP contribution in [0.5, 0.6) is 0 Å². The first-order valence-corrected chi connectivity index (χ1v) is 9.16. The lowest BCUT2D eigenvalue weighted by Gasteiger charge is -2.15. The van der Waals surface area contributed by atoms with E-state index in [1.54, 1.807) is 6.33 Å². The van der Waals surface area contributed by atoms with Crippen LogP contribution in [0.3, 0.4) is 0 Å². The molecule has 3 heterocycles. The predicted octanol–water partition coefficient (Wildman–Crippen LogP) is 4.80. The second kappa shape index (κ2) is 6.47. The Morgan fingerprint density at radius 3 is 2.80 bits per heavy atom. The van der Waals surface area contributed by atoms with Crippen LogP contribution in [0.15, 0.2) is 30.9 Å². The summed E-state index contributed by atoms with van der Waals surface area (Å²) in [7, 11) is 0. The van der Waals surface area contributed by atoms with Crippen LogP contribution in [0, 0.1) is 12.8 Å². The van der Waals surface area contributed by atoms with Crippen molar-refractivity contribution in [3.05, 3.63) is 42.2 Å². The molecule has 0 amide bonds. The summed E-state index contributed by atoms with van der Waals surface area (Å²) >= 11 is 0. The van der Waals surface area contributed by atoms with Gasteiger partial charge in [-0.05, 0) is 37.3 Å². The number of fused-ring (bicyclic) bond motifs is 1. The molecule has 0 atom stereocenters. The van der Waals surface area contributed by atoms with Gasteiger partial charge in [-0.3, -0.25) is 0 Å². The van der Waals surface area contributed by atoms with Crippen molar-refractivity contribution in [3.63, 3.8) is 0 Å². The van der Waals surface area contributed by atoms with Crippen LogP contribution in [-0.2, 0) is 6.54 Å². The molecule has 0 bridgehead atoms. The summed E-state index contributed by atoms with van der Waals surface area (Å²) in [6.07, 6.45) is 9.78. The number of nitrogens with one attached hydrogen (secondary N) is 1. The Labute approximate surface area is 148 Å². The Kier molecular flexibility index (Phi) is 4.15. The summed E-state index contributed by atoms with van der Waals surface area (Å²) in [5.74, 6) is 2.14. The molecule has 1 N–H and O–H groups in total. The highest BCUT2D eigenvalue weighted by molar-refractivity contribution is 5.92. The number of hydrogen-bond donors (Lipinski definition) is 1. The van der Waals surface area contributed by atoms with Crippen LogP contribution in [0.1, 0.15) is 50.4 Å². The van der Waals surface area contributed by atoms with Gasteiger partial charge in [0.05, 0.1) is 22.6 Å². The molecule has 1 fully saturated rings. The van der Waals surface area contributed by atoms with Gasteiger partial charge in [-0.1, -0.05) is 26.7 Å². The molecule has 25 heavy (non-hydrogen) atoms. The van der Waals surface area contributed by atoms with E-state index in [4.69, 9.17) is 0 Å². The van der Waals surface area contributed by atoms with Crippen LogP contribution in [-0.4, -0.2) is 19.5 Å². The van der Waals surface area contributed by atoms with E-state index in [9.17, 15) is 0 Å². The van der Waals surface area contributed by atoms with Crippen molar-refractivity contribution in [2.45, 2.75) is 52.5 Å². The number of aryl methyl sites for hydroxylation is 2. The van der Waals surface area contributed by atoms with E-state index >= 15 is 0 Å². The van der Waals surface area contributed by atoms with Gasteiger partial charge in [0.2, 0.25) is 0 Å². The molecule has 0 aliphatic heterocycles. The molecule has 1 aliphatic carbocycles. The third kappa shape index (κ3) is 3.23. The third-order valence-corrected chi connectivity index (χ3v) is 5.03. The highest BCUT2D eigenvalue weighted by Gasteiger charge is 2.21. The zero-order valence-electron chi connectivity index (χ0n) is 15.2. The largest absolute Gasteiger partial charge is 0.347 e. The number of aromatic nitrogens is 4. The summed E-state index contributed by atoms with van der Waals surface area (Å²) in [6.45, 7) is 7.39. The second-order valence-electron chi connectivity index (χ2n) is 7.33. The van der Waals surface area contributed by atoms with Gasteiger partial charge < -0.3 is 9.88 Å². The molecule has 4 rings (SSSR count). The van der Waals surface area contributed by atoms with Gasteiger partial charge in [-0.15, -0.1) is 0 Å². The van der Waals surface area contributed by atoms with E-state index in [2.05, 4.69) is 57.0 Å². The lowest BCUT2D eigenvalue weighted by molar-refractivity contribution is 0.611. The average Bonchev–Trinajstić information content (AvgIpc) is 3.33. The fourth-order valence-corrected chi connectivity index (χ4v) is 3.35. The Bertz CT molecular complexity index is 892. The first-order valence-electron chi connectivity index (χ1n) is 9.16. The summed E-state index contributed by atoms with van der Waals surface area (Å²) in [5.41, 5.74) is 4.19. The quantitative estimate of drug-likeness (QED) is 0.703. The molecule has 0 aromatic carbocycles. The van der Waals surface area contributed by atoms with Crippen molar-refractivity contribution in [1.82, 2.24) is 19.5 Å². The van der Waals surface area contributed by atoms with E-state index in [-0.39, 0.29) is 0 Å². The van der Waals surface area contributed by atoms with E-state index in [1.165, 1.54) is 24.8 Å². The summed E-state index contributed by atoms with van der Waals surface area (Å²) in [5, 5.41) is 4.66. The Morgan fingerprint density at radius 2 is 2.04 bits per heavy atom. The van der Waals surface area contributed by atoms with Crippen LogP contribution in [0.4, 0.5) is 11.5 Å². The normalized spacial score (nSPS) is 14.4. The molecule has 5 nitrogen and oxygen atoms in total. The molecule has 1 aliphatic rings. The molecular formula is C20H25N5. The highest BCUT2D eigenvalue weighted by atomic mass is 15.0. The fraction of sp³-hybridized carbons (Fsp3) is 0.450. The Hall–Kier alpha value is -2.43. The van der Waals surface area contributed by atoms with Gasteiger partial charge in [-0.2, -0.15) is 0 Å². The molecular weight excluding hydrogens is 310 g/mol. The summed E-state index contributed by atoms with van der Waals surface area (Å²) in [6, 6.07) is 4.26. The van der Waals surface area contributed by atoms with Crippen LogP contribution in [0.25, 0.3) is 10.9 Å². The Morgan fingerprint density at radius 1 is 1.20 bits per heavy atom. The topological polar surface area (TPSA) is 55.6 Å². The molecule has 3 aromatic rings. The lowest BCUT2D eigenvalue weighted by Crippen LogP contribution is -2.06. The molecule has 3 aromatic heterocycles. The SMILES string of the molecule is Cc1ncnc(C(C)C)c1Nc1nccc2c1ccn2CCC1CC1. The highest BCUT2D eigenvalue weighted by Crippen LogP contribution is 2.34. The van der Waals surface area contributed by atoms with Gasteiger partial charge in [0.25, 0.3) is 0 Å². The predicted molar refractivity (Wildman–Crippen MR) is 101 cm³/mol. The Balaban J connectivity index is 1.68. The summed E-state index contributed by atoms with van der Waals surface area (Å²) in [4.78, 5) is 13.4. The molecule has 130 valence electrons. The number of hydrogen-bond acceptors (Lipinski definition) is 4. The maximum absolute atomic E-state index is 4.58. The van der Waals surface area contributed by atoms with Crippen LogP contribution >= 0.6 is 0 Å². The molecule has 1 saturated carbocycles. The van der Waals surface area contributed by atoms with Crippen molar-refractivity contribution in [3.8, 4) is 0 Å². The molecule has 5 heteroatoms. The first kappa shape index (κ1) is 16.1. The van der Waals surface area contributed by atoms with Gasteiger partial charge in [-0.25, -0.2) is 15.0 Å². The zero-order valence-corrected chi connectivity index (χ0v) is 15.2. The number of pyridine rings is 1. The number of rotatable bonds is 6. The first-order chi connectivity index (χ1) is 12.1. The minimum Gasteiger partial charge on any atom is -0.347 e. The van der Waals surface area contributed by atoms with E-state index in [1.807, 2.05) is 13.1 Å². The second-order valence-corrected chi connectivity index (χ2v) is 7.33. The molecule has 0 radical (unpaired) electrons. The number of nitrogens with zero attached hydrogens (tertiary/aromatic N) is 4. The third-order valence-electron chi connectivity index (χ3n) is 5.03. The molecule has 0 unspecified atom stereocenters. The monoisotopic (exact) mass is 335 g/mol. The van der Waals surface area contributed by atoms with Crippen LogP contribution < -0.4 is 5.32 Å². The van der Waals surface area contributed by atoms with Crippen molar-refractivity contribution in [1.29, 1.82) is 0 Å². The zero-order chi connectivity index (χ0) is 17.4. The maximum atomic E-state index is 4.58. The van der Waals surface area contributed by atoms with E-state index < -0.39 is 0 Å². The molecule has 0 saturated heterocycles. The van der Waals surface area contributed by atoms with E-state index in [0.717, 1.165) is 40.7 Å². The standard InChI is InChI=1S/C20H25N5/c1-13(2)18-19(14(3)22-12-23-18)24-20-16-8-11-25(10-7-15-4-5-15)17(16)6-9-21-20/h6,8-9,11-13,15H,4-5,7,10H2,1-3H3,(H,21,24). The van der Waals surface area contributed by atoms with Gasteiger partial charge in [0.15, 0.2) is 0 Å². The van der Waals surface area contributed by atoms with Gasteiger partial charge in [0, 0.05) is 24.3 Å². The smallest absolute Gasteiger partial charge is 0.139 e. The van der Waals surface area contributed by atoms with Crippen molar-refractivity contribution in [2.24, 2.45) is 5.92 Å². The minimum atomic E-state index is 0.326. The van der Waals surface area contributed by atoms with Crippen molar-refractivity contribution < 1.29 is 0 Å². The van der Waals surface area contributed by atoms with Gasteiger partial charge >= 0.3 is 0 Å². The maximum Gasteiger partial charge on any atom is 0.139 e. The minimum absolute atomic E-state index is 0.326. The van der Waals surface area contributed by atoms with Crippen molar-refractivity contribution in [2.75, 3.05) is 5.32 Å². The fourth-order valence-electron chi connectivity index (χ4n) is 3.35. The average molecular weight is 335 g/mol. The number of anilines is 2. The summed E-state index contributed by atoms with van der Waals surface area (Å²) < 4.78 is 2.35. The van der Waals surface area contributed by atoms with Gasteiger partial charge in [0.1, 0.15) is 12.1 Å². The van der Waals surface area contributed by atoms with E-state index in [0.29, 0.717) is 5.92 Å². The lowest BCUT2D eigenvalue weighted by atomic mass is 10.1. The van der Waals surface area contributed by atoms with Crippen molar-refractivity contribution >= 4 is 22.4 Å². The van der Waals surface area contributed by atoms with Crippen LogP contribution in [0.2, 0.25) is 0 Å². The molecule has 0 spiro atoms.